The van der Waals surface area contributed by atoms with E-state index in [2.05, 4.69) is 15.6 Å². The van der Waals surface area contributed by atoms with Gasteiger partial charge in [0.2, 0.25) is 0 Å². The third kappa shape index (κ3) is 2.54. The van der Waals surface area contributed by atoms with Crippen LogP contribution in [-0.4, -0.2) is 29.0 Å². The maximum Gasteiger partial charge on any atom is 0.399 e. The molecule has 0 spiro atoms. The predicted molar refractivity (Wildman–Crippen MR) is 76.7 cm³/mol. The standard InChI is InChI=1S/C14H15N3O3S/c18-13(17-10-7-8-1-2-9(10)16-8)11-3-4-12(21-11)20-14-15-5-6-19-14/h3-6,8-10,16H,1-2,7H2,(H,17,18). The van der Waals surface area contributed by atoms with E-state index in [-0.39, 0.29) is 18.0 Å². The summed E-state index contributed by atoms with van der Waals surface area (Å²) in [5.41, 5.74) is 0. The van der Waals surface area contributed by atoms with Crippen LogP contribution in [0.25, 0.3) is 0 Å². The molecule has 2 saturated heterocycles. The van der Waals surface area contributed by atoms with Gasteiger partial charge in [-0.3, -0.25) is 4.79 Å². The maximum atomic E-state index is 12.3. The Morgan fingerprint density at radius 3 is 3.14 bits per heavy atom. The van der Waals surface area contributed by atoms with E-state index in [1.165, 1.54) is 30.2 Å². The molecule has 0 aromatic carbocycles. The van der Waals surface area contributed by atoms with Crippen molar-refractivity contribution in [3.8, 4) is 11.1 Å². The highest BCUT2D eigenvalue weighted by molar-refractivity contribution is 7.15. The molecule has 2 aliphatic heterocycles. The number of amides is 1. The summed E-state index contributed by atoms with van der Waals surface area (Å²) in [5, 5.41) is 7.22. The zero-order chi connectivity index (χ0) is 14.2. The van der Waals surface area contributed by atoms with Crippen molar-refractivity contribution >= 4 is 17.2 Å². The summed E-state index contributed by atoms with van der Waals surface area (Å²) in [5.74, 6) is -0.0402. The van der Waals surface area contributed by atoms with Crippen LogP contribution in [0.1, 0.15) is 28.9 Å². The first-order chi connectivity index (χ1) is 10.3. The van der Waals surface area contributed by atoms with Crippen LogP contribution < -0.4 is 15.4 Å². The third-order valence-electron chi connectivity index (χ3n) is 4.02. The van der Waals surface area contributed by atoms with Crippen LogP contribution in [0.3, 0.4) is 0 Å². The second-order valence-corrected chi connectivity index (χ2v) is 6.43. The molecule has 2 aromatic heterocycles. The molecule has 6 nitrogen and oxygen atoms in total. The highest BCUT2D eigenvalue weighted by Crippen LogP contribution is 2.31. The van der Waals surface area contributed by atoms with E-state index < -0.39 is 0 Å². The number of hydrogen-bond acceptors (Lipinski definition) is 6. The molecule has 2 aromatic rings. The van der Waals surface area contributed by atoms with Crippen LogP contribution in [0.4, 0.5) is 0 Å². The summed E-state index contributed by atoms with van der Waals surface area (Å²) < 4.78 is 10.4. The fourth-order valence-electron chi connectivity index (χ4n) is 3.07. The van der Waals surface area contributed by atoms with Crippen molar-refractivity contribution in [2.75, 3.05) is 0 Å². The number of carbonyl (C=O) groups is 1. The molecule has 4 heterocycles. The number of ether oxygens (including phenoxy) is 1. The molecule has 0 saturated carbocycles. The van der Waals surface area contributed by atoms with Crippen LogP contribution in [-0.2, 0) is 0 Å². The first kappa shape index (κ1) is 12.8. The lowest BCUT2D eigenvalue weighted by molar-refractivity contribution is 0.0935. The molecular weight excluding hydrogens is 290 g/mol. The Morgan fingerprint density at radius 1 is 1.48 bits per heavy atom. The van der Waals surface area contributed by atoms with Gasteiger partial charge in [0.1, 0.15) is 6.26 Å². The summed E-state index contributed by atoms with van der Waals surface area (Å²) in [6, 6.07) is 4.77. The third-order valence-corrected chi connectivity index (χ3v) is 4.98. The summed E-state index contributed by atoms with van der Waals surface area (Å²) in [6.07, 6.45) is 6.54. The maximum absolute atomic E-state index is 12.3. The predicted octanol–water partition coefficient (Wildman–Crippen LogP) is 2.15. The highest BCUT2D eigenvalue weighted by atomic mass is 32.1. The molecular formula is C14H15N3O3S. The van der Waals surface area contributed by atoms with Gasteiger partial charge >= 0.3 is 6.08 Å². The van der Waals surface area contributed by atoms with Gasteiger partial charge in [-0.25, -0.2) is 0 Å². The Hall–Kier alpha value is -1.86. The van der Waals surface area contributed by atoms with Gasteiger partial charge in [-0.15, -0.1) is 0 Å². The highest BCUT2D eigenvalue weighted by Gasteiger charge is 2.39. The van der Waals surface area contributed by atoms with Crippen LogP contribution in [0, 0.1) is 0 Å². The van der Waals surface area contributed by atoms with E-state index in [0.29, 0.717) is 22.0 Å². The van der Waals surface area contributed by atoms with Crippen molar-refractivity contribution in [1.82, 2.24) is 15.6 Å². The number of nitrogens with zero attached hydrogens (tertiary/aromatic N) is 1. The zero-order valence-electron chi connectivity index (χ0n) is 11.2. The molecule has 2 fully saturated rings. The summed E-state index contributed by atoms with van der Waals surface area (Å²) in [6.45, 7) is 0. The number of aromatic nitrogens is 1. The molecule has 2 N–H and O–H groups in total. The van der Waals surface area contributed by atoms with Gasteiger partial charge in [0.15, 0.2) is 5.06 Å². The Kier molecular flexibility index (Phi) is 3.16. The minimum Gasteiger partial charge on any atom is -0.417 e. The fourth-order valence-corrected chi connectivity index (χ4v) is 3.82. The largest absolute Gasteiger partial charge is 0.417 e. The van der Waals surface area contributed by atoms with Gasteiger partial charge in [-0.05, 0) is 31.4 Å². The van der Waals surface area contributed by atoms with Gasteiger partial charge in [0.25, 0.3) is 5.91 Å². The van der Waals surface area contributed by atoms with Crippen molar-refractivity contribution in [3.63, 3.8) is 0 Å². The van der Waals surface area contributed by atoms with E-state index in [1.807, 2.05) is 0 Å². The quantitative estimate of drug-likeness (QED) is 0.905. The number of fused-ring (bicyclic) bond motifs is 2. The lowest BCUT2D eigenvalue weighted by atomic mass is 9.95. The Labute approximate surface area is 125 Å². The molecule has 2 bridgehead atoms. The molecule has 1 amide bonds. The monoisotopic (exact) mass is 305 g/mol. The molecule has 110 valence electrons. The second kappa shape index (κ2) is 5.16. The number of hydrogen-bond donors (Lipinski definition) is 2. The number of nitrogens with one attached hydrogen (secondary N) is 2. The molecule has 4 rings (SSSR count). The van der Waals surface area contributed by atoms with Crippen LogP contribution >= 0.6 is 11.3 Å². The van der Waals surface area contributed by atoms with Gasteiger partial charge in [0.05, 0.1) is 11.1 Å². The Morgan fingerprint density at radius 2 is 2.43 bits per heavy atom. The van der Waals surface area contributed by atoms with E-state index in [0.717, 1.165) is 12.8 Å². The SMILES string of the molecule is O=C(NC1CC2CCC1N2)c1ccc(Oc2ncco2)s1. The normalized spacial score (nSPS) is 27.0. The van der Waals surface area contributed by atoms with Crippen molar-refractivity contribution in [2.24, 2.45) is 0 Å². The van der Waals surface area contributed by atoms with E-state index in [1.54, 1.807) is 12.1 Å². The lowest BCUT2D eigenvalue weighted by Gasteiger charge is -2.20. The average Bonchev–Trinajstić information content (AvgIpc) is 3.24. The van der Waals surface area contributed by atoms with Gasteiger partial charge in [-0.1, -0.05) is 11.3 Å². The number of carbonyl (C=O) groups excluding carboxylic acids is 1. The van der Waals surface area contributed by atoms with Crippen LogP contribution in [0.5, 0.6) is 11.1 Å². The first-order valence-corrected chi connectivity index (χ1v) is 7.84. The van der Waals surface area contributed by atoms with Crippen molar-refractivity contribution in [3.05, 3.63) is 29.5 Å². The molecule has 3 atom stereocenters. The van der Waals surface area contributed by atoms with Crippen LogP contribution in [0.2, 0.25) is 0 Å². The summed E-state index contributed by atoms with van der Waals surface area (Å²) in [4.78, 5) is 16.8. The summed E-state index contributed by atoms with van der Waals surface area (Å²) >= 11 is 1.29. The topological polar surface area (TPSA) is 76.4 Å². The minimum absolute atomic E-state index is 0.0402. The Bertz CT molecular complexity index is 640. The number of oxazole rings is 1. The number of thiophene rings is 1. The smallest absolute Gasteiger partial charge is 0.399 e. The van der Waals surface area contributed by atoms with Crippen molar-refractivity contribution in [2.45, 2.75) is 37.4 Å². The molecule has 21 heavy (non-hydrogen) atoms. The average molecular weight is 305 g/mol. The summed E-state index contributed by atoms with van der Waals surface area (Å²) in [7, 11) is 0. The molecule has 2 aliphatic rings. The van der Waals surface area contributed by atoms with Crippen molar-refractivity contribution in [1.29, 1.82) is 0 Å². The van der Waals surface area contributed by atoms with Gasteiger partial charge in [0, 0.05) is 18.1 Å². The lowest BCUT2D eigenvalue weighted by Crippen LogP contribution is -2.42. The molecule has 3 unspecified atom stereocenters. The number of rotatable bonds is 4. The van der Waals surface area contributed by atoms with Crippen molar-refractivity contribution < 1.29 is 13.9 Å². The molecule has 7 heteroatoms. The van der Waals surface area contributed by atoms with Gasteiger partial charge < -0.3 is 19.8 Å². The zero-order valence-corrected chi connectivity index (χ0v) is 12.1. The van der Waals surface area contributed by atoms with Gasteiger partial charge in [-0.2, -0.15) is 4.98 Å². The van der Waals surface area contributed by atoms with E-state index >= 15 is 0 Å². The van der Waals surface area contributed by atoms with Crippen LogP contribution in [0.15, 0.2) is 29.0 Å². The molecule has 0 radical (unpaired) electrons. The second-order valence-electron chi connectivity index (χ2n) is 5.38. The van der Waals surface area contributed by atoms with E-state index in [9.17, 15) is 4.79 Å². The Balaban J connectivity index is 1.39. The molecule has 0 aliphatic carbocycles. The minimum atomic E-state index is -0.0402. The fraction of sp³-hybridized carbons (Fsp3) is 0.429. The van der Waals surface area contributed by atoms with E-state index in [4.69, 9.17) is 9.15 Å². The first-order valence-electron chi connectivity index (χ1n) is 7.02.